The molecule has 0 fully saturated rings. The Morgan fingerprint density at radius 2 is 1.89 bits per heavy atom. The van der Waals surface area contributed by atoms with Gasteiger partial charge in [-0.15, -0.1) is 5.10 Å². The van der Waals surface area contributed by atoms with Crippen LogP contribution >= 0.6 is 11.8 Å². The number of amides is 1. The van der Waals surface area contributed by atoms with E-state index < -0.39 is 0 Å². The molecule has 0 aliphatic carbocycles. The van der Waals surface area contributed by atoms with Crippen molar-refractivity contribution in [2.75, 3.05) is 11.1 Å². The van der Waals surface area contributed by atoms with E-state index in [9.17, 15) is 4.79 Å². The summed E-state index contributed by atoms with van der Waals surface area (Å²) >= 11 is 1.24. The average molecular weight is 490 g/mol. The van der Waals surface area contributed by atoms with Gasteiger partial charge in [0.15, 0.2) is 5.82 Å². The van der Waals surface area contributed by atoms with Crippen LogP contribution in [0.1, 0.15) is 51.1 Å². The molecule has 3 aromatic rings. The Morgan fingerprint density at radius 3 is 2.63 bits per heavy atom. The molecule has 8 heteroatoms. The van der Waals surface area contributed by atoms with E-state index in [4.69, 9.17) is 10.5 Å². The van der Waals surface area contributed by atoms with Crippen LogP contribution in [-0.4, -0.2) is 26.8 Å². The zero-order valence-corrected chi connectivity index (χ0v) is 21.3. The number of nitrogens with one attached hydrogen (secondary N) is 2. The van der Waals surface area contributed by atoms with Gasteiger partial charge in [-0.05, 0) is 41.5 Å². The van der Waals surface area contributed by atoms with E-state index in [1.165, 1.54) is 23.5 Å². The Bertz CT molecular complexity index is 1290. The molecule has 0 saturated heterocycles. The molecule has 0 bridgehead atoms. The molecule has 1 aromatic heterocycles. The minimum Gasteiger partial charge on any atom is -0.457 e. The normalized spacial score (nSPS) is 16.2. The highest BCUT2D eigenvalue weighted by Gasteiger charge is 2.37. The Morgan fingerprint density at radius 1 is 1.17 bits per heavy atom. The minimum atomic E-state index is -0.170. The van der Waals surface area contributed by atoms with Gasteiger partial charge in [0.2, 0.25) is 11.1 Å². The Hall–Kier alpha value is -3.52. The van der Waals surface area contributed by atoms with Gasteiger partial charge >= 0.3 is 0 Å². The van der Waals surface area contributed by atoms with Gasteiger partial charge in [-0.1, -0.05) is 70.3 Å². The fourth-order valence-electron chi connectivity index (χ4n) is 4.77. The highest BCUT2D eigenvalue weighted by molar-refractivity contribution is 7.99. The highest BCUT2D eigenvalue weighted by Crippen LogP contribution is 2.48. The van der Waals surface area contributed by atoms with Crippen LogP contribution in [0.5, 0.6) is 11.5 Å². The number of hydrogen-bond acceptors (Lipinski definition) is 6. The summed E-state index contributed by atoms with van der Waals surface area (Å²) in [6.45, 7) is 12.6. The van der Waals surface area contributed by atoms with Gasteiger partial charge in [-0.2, -0.15) is 0 Å². The quantitative estimate of drug-likeness (QED) is 0.300. The number of carbonyl (C=O) groups is 1. The summed E-state index contributed by atoms with van der Waals surface area (Å²) in [6.07, 6.45) is 3.92. The standard InChI is InChI=1S/C27H31N5O2S/c1-6-17(14-28)24-30-25(32-31-24)35-15-23(33)29-18-11-12-22-20(13-18)27(4,5)16-26(2,3)19-9-7-8-10-21(19)34-22/h6-14H,1,15-16,28H2,2-5H3,(H,29,33)(H,30,31,32)/b17-14+. The number of aromatic amines is 1. The number of anilines is 1. The molecule has 0 radical (unpaired) electrons. The van der Waals surface area contributed by atoms with E-state index in [1.807, 2.05) is 30.3 Å². The van der Waals surface area contributed by atoms with Crippen LogP contribution in [0.15, 0.2) is 66.5 Å². The summed E-state index contributed by atoms with van der Waals surface area (Å²) in [4.78, 5) is 17.0. The first-order chi connectivity index (χ1) is 16.6. The van der Waals surface area contributed by atoms with Crippen molar-refractivity contribution >= 4 is 28.9 Å². The zero-order valence-electron chi connectivity index (χ0n) is 20.5. The smallest absolute Gasteiger partial charge is 0.234 e. The minimum absolute atomic E-state index is 0.0758. The van der Waals surface area contributed by atoms with Gasteiger partial charge in [-0.25, -0.2) is 4.98 Å². The Labute approximate surface area is 210 Å². The van der Waals surface area contributed by atoms with Gasteiger partial charge in [0.05, 0.1) is 5.75 Å². The number of H-pyrrole nitrogens is 1. The van der Waals surface area contributed by atoms with Crippen molar-refractivity contribution in [1.29, 1.82) is 0 Å². The van der Waals surface area contributed by atoms with Crippen LogP contribution in [0, 0.1) is 0 Å². The van der Waals surface area contributed by atoms with Gasteiger partial charge in [-0.3, -0.25) is 9.89 Å². The molecule has 1 aliphatic heterocycles. The van der Waals surface area contributed by atoms with Crippen LogP contribution in [0.25, 0.3) is 5.57 Å². The first-order valence-electron chi connectivity index (χ1n) is 11.4. The number of rotatable bonds is 6. The number of benzene rings is 2. The topological polar surface area (TPSA) is 106 Å². The van der Waals surface area contributed by atoms with Gasteiger partial charge in [0, 0.05) is 28.6 Å². The van der Waals surface area contributed by atoms with Crippen molar-refractivity contribution in [1.82, 2.24) is 15.2 Å². The first-order valence-corrected chi connectivity index (χ1v) is 12.4. The predicted octanol–water partition coefficient (Wildman–Crippen LogP) is 5.77. The SMILES string of the molecule is C=C/C(=C\N)c1nc(SCC(=O)Nc2ccc3c(c2)C(C)(C)CC(C)(C)c2ccccc2O3)n[nH]1. The molecule has 0 spiro atoms. The van der Waals surface area contributed by atoms with Gasteiger partial charge in [0.1, 0.15) is 11.5 Å². The molecule has 182 valence electrons. The Balaban J connectivity index is 1.51. The van der Waals surface area contributed by atoms with Crippen molar-refractivity contribution in [2.45, 2.75) is 50.1 Å². The van der Waals surface area contributed by atoms with Crippen LogP contribution < -0.4 is 15.8 Å². The molecule has 2 aromatic carbocycles. The number of nitrogens with two attached hydrogens (primary N) is 1. The number of hydrogen-bond donors (Lipinski definition) is 3. The van der Waals surface area contributed by atoms with Crippen LogP contribution in [0.2, 0.25) is 0 Å². The molecule has 1 amide bonds. The first kappa shape index (κ1) is 24.6. The second kappa shape index (κ2) is 9.62. The highest BCUT2D eigenvalue weighted by atomic mass is 32.2. The molecule has 35 heavy (non-hydrogen) atoms. The van der Waals surface area contributed by atoms with E-state index in [0.717, 1.165) is 29.2 Å². The zero-order chi connectivity index (χ0) is 25.2. The largest absolute Gasteiger partial charge is 0.457 e. The number of ether oxygens (including phenoxy) is 1. The van der Waals surface area contributed by atoms with Crippen molar-refractivity contribution in [3.05, 3.63) is 78.3 Å². The number of nitrogens with zero attached hydrogens (tertiary/aromatic N) is 2. The van der Waals surface area contributed by atoms with Crippen molar-refractivity contribution in [3.8, 4) is 11.5 Å². The van der Waals surface area contributed by atoms with Crippen LogP contribution in [-0.2, 0) is 15.6 Å². The third kappa shape index (κ3) is 5.27. The van der Waals surface area contributed by atoms with E-state index >= 15 is 0 Å². The maximum atomic E-state index is 12.7. The van der Waals surface area contributed by atoms with Crippen molar-refractivity contribution in [3.63, 3.8) is 0 Å². The third-order valence-corrected chi connectivity index (χ3v) is 7.03. The maximum absolute atomic E-state index is 12.7. The molecule has 0 atom stereocenters. The van der Waals surface area contributed by atoms with E-state index in [2.05, 4.69) is 66.9 Å². The van der Waals surface area contributed by atoms with Gasteiger partial charge in [0.25, 0.3) is 0 Å². The molecule has 7 nitrogen and oxygen atoms in total. The molecule has 1 aliphatic rings. The summed E-state index contributed by atoms with van der Waals surface area (Å²) in [6, 6.07) is 14.0. The van der Waals surface area contributed by atoms with Gasteiger partial charge < -0.3 is 15.8 Å². The summed E-state index contributed by atoms with van der Waals surface area (Å²) in [5.41, 5.74) is 8.95. The molecule has 4 N–H and O–H groups in total. The monoisotopic (exact) mass is 489 g/mol. The fraction of sp³-hybridized carbons (Fsp3) is 0.296. The maximum Gasteiger partial charge on any atom is 0.234 e. The van der Waals surface area contributed by atoms with E-state index in [0.29, 0.717) is 16.6 Å². The van der Waals surface area contributed by atoms with E-state index in [1.54, 1.807) is 6.08 Å². The number of aromatic nitrogens is 3. The summed E-state index contributed by atoms with van der Waals surface area (Å²) in [7, 11) is 0. The lowest BCUT2D eigenvalue weighted by atomic mass is 9.67. The van der Waals surface area contributed by atoms with Crippen molar-refractivity contribution in [2.24, 2.45) is 5.73 Å². The number of para-hydroxylation sites is 1. The second-order valence-electron chi connectivity index (χ2n) is 9.88. The lowest BCUT2D eigenvalue weighted by Gasteiger charge is -2.39. The number of carbonyl (C=O) groups excluding carboxylic acids is 1. The second-order valence-corrected chi connectivity index (χ2v) is 10.8. The van der Waals surface area contributed by atoms with Crippen LogP contribution in [0.3, 0.4) is 0 Å². The molecule has 2 heterocycles. The lowest BCUT2D eigenvalue weighted by molar-refractivity contribution is -0.113. The number of allylic oxidation sites excluding steroid dienone is 2. The summed E-state index contributed by atoms with van der Waals surface area (Å²) in [5, 5.41) is 10.4. The third-order valence-electron chi connectivity index (χ3n) is 6.18. The summed E-state index contributed by atoms with van der Waals surface area (Å²) in [5.74, 6) is 2.22. The number of thioether (sulfide) groups is 1. The lowest BCUT2D eigenvalue weighted by Crippen LogP contribution is -2.32. The molecular formula is C27H31N5O2S. The Kier molecular flexibility index (Phi) is 6.76. The van der Waals surface area contributed by atoms with E-state index in [-0.39, 0.29) is 22.5 Å². The average Bonchev–Trinajstić information content (AvgIpc) is 3.27. The van der Waals surface area contributed by atoms with Crippen LogP contribution in [0.4, 0.5) is 5.69 Å². The summed E-state index contributed by atoms with van der Waals surface area (Å²) < 4.78 is 6.40. The number of fused-ring (bicyclic) bond motifs is 2. The molecule has 4 rings (SSSR count). The molecule has 0 unspecified atom stereocenters. The fourth-order valence-corrected chi connectivity index (χ4v) is 5.36. The predicted molar refractivity (Wildman–Crippen MR) is 142 cm³/mol. The van der Waals surface area contributed by atoms with Crippen molar-refractivity contribution < 1.29 is 9.53 Å². The molecule has 0 saturated carbocycles. The molecular weight excluding hydrogens is 458 g/mol.